The molecule has 0 saturated carbocycles. The normalized spacial score (nSPS) is 16.4. The van der Waals surface area contributed by atoms with E-state index in [0.29, 0.717) is 33.7 Å². The lowest BCUT2D eigenvalue weighted by Crippen LogP contribution is -2.44. The second kappa shape index (κ2) is 8.67. The van der Waals surface area contributed by atoms with Gasteiger partial charge < -0.3 is 15.0 Å². The molecular formula is C20H21ClN2O3S. The molecule has 0 radical (unpaired) electrons. The third kappa shape index (κ3) is 4.76. The lowest BCUT2D eigenvalue weighted by molar-refractivity contribution is -0.119. The Hall–Kier alpha value is -2.18. The van der Waals surface area contributed by atoms with Crippen LogP contribution in [0.4, 0.5) is 5.69 Å². The molecule has 0 spiro atoms. The molecule has 1 heterocycles. The van der Waals surface area contributed by atoms with Gasteiger partial charge in [0.25, 0.3) is 5.91 Å². The molecule has 1 N–H and O–H groups in total. The molecule has 1 aliphatic heterocycles. The smallest absolute Gasteiger partial charge is 0.255 e. The highest BCUT2D eigenvalue weighted by Crippen LogP contribution is 2.29. The second-order valence-electron chi connectivity index (χ2n) is 6.46. The Kier molecular flexibility index (Phi) is 6.29. The average Bonchev–Trinajstić information content (AvgIpc) is 3.14. The van der Waals surface area contributed by atoms with Crippen LogP contribution in [0.2, 0.25) is 5.02 Å². The Balaban J connectivity index is 1.70. The zero-order valence-electron chi connectivity index (χ0n) is 15.1. The minimum Gasteiger partial charge on any atom is -0.489 e. The van der Waals surface area contributed by atoms with Gasteiger partial charge in [0.15, 0.2) is 0 Å². The number of benzene rings is 2. The van der Waals surface area contributed by atoms with Crippen LogP contribution in [0.3, 0.4) is 0 Å². The van der Waals surface area contributed by atoms with Crippen molar-refractivity contribution >= 4 is 40.9 Å². The molecule has 0 aliphatic carbocycles. The predicted octanol–water partition coefficient (Wildman–Crippen LogP) is 4.28. The first-order chi connectivity index (χ1) is 13.0. The first-order valence-electron chi connectivity index (χ1n) is 8.66. The summed E-state index contributed by atoms with van der Waals surface area (Å²) < 4.78 is 5.60. The molecule has 142 valence electrons. The molecule has 1 atom stereocenters. The fourth-order valence-electron chi connectivity index (χ4n) is 2.76. The number of thioether (sulfide) groups is 1. The molecule has 0 unspecified atom stereocenters. The summed E-state index contributed by atoms with van der Waals surface area (Å²) in [5, 5.41) is 3.29. The minimum atomic E-state index is -0.520. The number of nitrogens with zero attached hydrogens (tertiary/aromatic N) is 1. The SMILES string of the molecule is CC(C)Oc1ccc(NC(=O)[C@@H]2CSCN2C(=O)c2ccccc2)cc1Cl. The third-order valence-corrected chi connectivity index (χ3v) is 5.34. The van der Waals surface area contributed by atoms with Gasteiger partial charge in [0.05, 0.1) is 17.0 Å². The maximum atomic E-state index is 12.7. The second-order valence-corrected chi connectivity index (χ2v) is 7.86. The van der Waals surface area contributed by atoms with E-state index >= 15 is 0 Å². The van der Waals surface area contributed by atoms with Crippen molar-refractivity contribution in [2.45, 2.75) is 26.0 Å². The molecule has 1 saturated heterocycles. The van der Waals surface area contributed by atoms with Crippen LogP contribution in [-0.4, -0.2) is 40.5 Å². The van der Waals surface area contributed by atoms with Crippen LogP contribution < -0.4 is 10.1 Å². The van der Waals surface area contributed by atoms with Crippen LogP contribution in [0, 0.1) is 0 Å². The molecule has 0 aromatic heterocycles. The lowest BCUT2D eigenvalue weighted by Gasteiger charge is -2.23. The number of carbonyl (C=O) groups excluding carboxylic acids is 2. The van der Waals surface area contributed by atoms with Crippen LogP contribution >= 0.6 is 23.4 Å². The van der Waals surface area contributed by atoms with Crippen LogP contribution in [0.15, 0.2) is 48.5 Å². The zero-order valence-corrected chi connectivity index (χ0v) is 16.7. The topological polar surface area (TPSA) is 58.6 Å². The van der Waals surface area contributed by atoms with Crippen molar-refractivity contribution in [1.82, 2.24) is 4.90 Å². The molecule has 2 amide bonds. The number of carbonyl (C=O) groups is 2. The Bertz CT molecular complexity index is 829. The van der Waals surface area contributed by atoms with Gasteiger partial charge in [-0.3, -0.25) is 9.59 Å². The van der Waals surface area contributed by atoms with E-state index in [9.17, 15) is 9.59 Å². The van der Waals surface area contributed by atoms with E-state index in [4.69, 9.17) is 16.3 Å². The van der Waals surface area contributed by atoms with E-state index in [2.05, 4.69) is 5.32 Å². The first-order valence-corrected chi connectivity index (χ1v) is 10.2. The molecule has 2 aromatic rings. The zero-order chi connectivity index (χ0) is 19.4. The third-order valence-electron chi connectivity index (χ3n) is 4.03. The fourth-order valence-corrected chi connectivity index (χ4v) is 4.14. The van der Waals surface area contributed by atoms with Crippen molar-refractivity contribution in [1.29, 1.82) is 0 Å². The van der Waals surface area contributed by atoms with Crippen molar-refractivity contribution < 1.29 is 14.3 Å². The number of ether oxygens (including phenoxy) is 1. The van der Waals surface area contributed by atoms with Crippen molar-refractivity contribution in [3.05, 3.63) is 59.1 Å². The minimum absolute atomic E-state index is 0.0102. The molecule has 2 aromatic carbocycles. The molecule has 27 heavy (non-hydrogen) atoms. The van der Waals surface area contributed by atoms with Gasteiger partial charge in [-0.25, -0.2) is 0 Å². The summed E-state index contributed by atoms with van der Waals surface area (Å²) in [4.78, 5) is 27.1. The fraction of sp³-hybridized carbons (Fsp3) is 0.300. The van der Waals surface area contributed by atoms with Crippen molar-refractivity contribution in [3.8, 4) is 5.75 Å². The number of nitrogens with one attached hydrogen (secondary N) is 1. The Morgan fingerprint density at radius 1 is 1.22 bits per heavy atom. The standard InChI is InChI=1S/C20H21ClN2O3S/c1-13(2)26-18-9-8-15(10-16(18)21)22-19(24)17-11-27-12-23(17)20(25)14-6-4-3-5-7-14/h3-10,13,17H,11-12H2,1-2H3,(H,22,24)/t17-/m0/s1. The number of hydrogen-bond acceptors (Lipinski definition) is 4. The number of anilines is 1. The summed E-state index contributed by atoms with van der Waals surface area (Å²) in [5.41, 5.74) is 1.15. The van der Waals surface area contributed by atoms with Gasteiger partial charge in [0.1, 0.15) is 11.8 Å². The van der Waals surface area contributed by atoms with Crippen molar-refractivity contribution in [3.63, 3.8) is 0 Å². The van der Waals surface area contributed by atoms with Gasteiger partial charge in [-0.1, -0.05) is 29.8 Å². The maximum Gasteiger partial charge on any atom is 0.255 e. The highest BCUT2D eigenvalue weighted by atomic mass is 35.5. The quantitative estimate of drug-likeness (QED) is 0.807. The Morgan fingerprint density at radius 3 is 2.63 bits per heavy atom. The van der Waals surface area contributed by atoms with Gasteiger partial charge in [-0.2, -0.15) is 0 Å². The van der Waals surface area contributed by atoms with E-state index < -0.39 is 6.04 Å². The molecule has 0 bridgehead atoms. The van der Waals surface area contributed by atoms with Gasteiger partial charge in [0.2, 0.25) is 5.91 Å². The summed E-state index contributed by atoms with van der Waals surface area (Å²) >= 11 is 7.79. The van der Waals surface area contributed by atoms with E-state index in [-0.39, 0.29) is 17.9 Å². The number of hydrogen-bond donors (Lipinski definition) is 1. The molecule has 3 rings (SSSR count). The van der Waals surface area contributed by atoms with Crippen molar-refractivity contribution in [2.24, 2.45) is 0 Å². The molecule has 7 heteroatoms. The van der Waals surface area contributed by atoms with Gasteiger partial charge in [-0.05, 0) is 44.2 Å². The maximum absolute atomic E-state index is 12.7. The summed E-state index contributed by atoms with van der Waals surface area (Å²) in [6, 6.07) is 13.6. The monoisotopic (exact) mass is 404 g/mol. The van der Waals surface area contributed by atoms with E-state index in [1.54, 1.807) is 47.0 Å². The summed E-state index contributed by atoms with van der Waals surface area (Å²) in [7, 11) is 0. The number of rotatable bonds is 5. The predicted molar refractivity (Wildman–Crippen MR) is 110 cm³/mol. The molecule has 1 aliphatic rings. The molecule has 1 fully saturated rings. The van der Waals surface area contributed by atoms with Crippen LogP contribution in [-0.2, 0) is 4.79 Å². The van der Waals surface area contributed by atoms with Gasteiger partial charge >= 0.3 is 0 Å². The van der Waals surface area contributed by atoms with Gasteiger partial charge in [-0.15, -0.1) is 11.8 Å². The van der Waals surface area contributed by atoms with Gasteiger partial charge in [0, 0.05) is 17.0 Å². The number of halogens is 1. The number of amides is 2. The van der Waals surface area contributed by atoms with E-state index in [1.807, 2.05) is 32.0 Å². The molecule has 5 nitrogen and oxygen atoms in total. The van der Waals surface area contributed by atoms with Crippen LogP contribution in [0.1, 0.15) is 24.2 Å². The highest BCUT2D eigenvalue weighted by molar-refractivity contribution is 7.99. The lowest BCUT2D eigenvalue weighted by atomic mass is 10.1. The Labute approximate surface area is 168 Å². The summed E-state index contributed by atoms with van der Waals surface area (Å²) in [5.74, 6) is 1.26. The Morgan fingerprint density at radius 2 is 1.96 bits per heavy atom. The summed E-state index contributed by atoms with van der Waals surface area (Å²) in [6.07, 6.45) is 0.0102. The molecular weight excluding hydrogens is 384 g/mol. The van der Waals surface area contributed by atoms with E-state index in [0.717, 1.165) is 0 Å². The van der Waals surface area contributed by atoms with Crippen LogP contribution in [0.5, 0.6) is 5.75 Å². The highest BCUT2D eigenvalue weighted by Gasteiger charge is 2.35. The summed E-state index contributed by atoms with van der Waals surface area (Å²) in [6.45, 7) is 3.84. The average molecular weight is 405 g/mol. The first kappa shape index (κ1) is 19.6. The largest absolute Gasteiger partial charge is 0.489 e. The van der Waals surface area contributed by atoms with Crippen molar-refractivity contribution in [2.75, 3.05) is 16.9 Å². The van der Waals surface area contributed by atoms with Crippen LogP contribution in [0.25, 0.3) is 0 Å². The van der Waals surface area contributed by atoms with E-state index in [1.165, 1.54) is 0 Å².